The fraction of sp³-hybridized carbons (Fsp3) is 0.947. The Labute approximate surface area is 133 Å². The summed E-state index contributed by atoms with van der Waals surface area (Å²) in [6.45, 7) is 2.51. The molecule has 6 atom stereocenters. The lowest BCUT2D eigenvalue weighted by Gasteiger charge is -2.60. The van der Waals surface area contributed by atoms with Crippen LogP contribution in [-0.4, -0.2) is 22.3 Å². The van der Waals surface area contributed by atoms with Gasteiger partial charge in [-0.2, -0.15) is 0 Å². The normalized spacial score (nSPS) is 51.4. The number of Topliss-reactive ketones (excluding diaryl/α,β-unsaturated/α-hetero) is 1. The van der Waals surface area contributed by atoms with Crippen molar-refractivity contribution < 1.29 is 15.0 Å². The van der Waals surface area contributed by atoms with Crippen LogP contribution in [0.4, 0.5) is 0 Å². The van der Waals surface area contributed by atoms with Crippen LogP contribution in [0.2, 0.25) is 0 Å². The number of aliphatic hydroxyl groups is 2. The van der Waals surface area contributed by atoms with E-state index in [1.54, 1.807) is 0 Å². The average Bonchev–Trinajstić information content (AvgIpc) is 2.84. The van der Waals surface area contributed by atoms with Gasteiger partial charge in [0.2, 0.25) is 0 Å². The highest BCUT2D eigenvalue weighted by Crippen LogP contribution is 2.66. The molecule has 0 aliphatic heterocycles. The second-order valence-corrected chi connectivity index (χ2v) is 8.97. The van der Waals surface area contributed by atoms with E-state index < -0.39 is 11.7 Å². The fourth-order valence-electron chi connectivity index (χ4n) is 7.21. The second-order valence-electron chi connectivity index (χ2n) is 8.97. The van der Waals surface area contributed by atoms with Crippen LogP contribution in [-0.2, 0) is 4.79 Å². The van der Waals surface area contributed by atoms with E-state index in [1.807, 2.05) is 0 Å². The number of hydrogen-bond donors (Lipinski definition) is 2. The third-order valence-electron chi connectivity index (χ3n) is 8.33. The van der Waals surface area contributed by atoms with Crippen molar-refractivity contribution in [2.24, 2.45) is 34.5 Å². The third-order valence-corrected chi connectivity index (χ3v) is 8.33. The zero-order valence-corrected chi connectivity index (χ0v) is 13.8. The van der Waals surface area contributed by atoms with E-state index in [0.29, 0.717) is 30.1 Å². The largest absolute Gasteiger partial charge is 0.368 e. The first-order valence-corrected chi connectivity index (χ1v) is 9.35. The molecule has 4 aliphatic rings. The molecule has 4 rings (SSSR count). The topological polar surface area (TPSA) is 57.5 Å². The van der Waals surface area contributed by atoms with E-state index in [2.05, 4.69) is 6.92 Å². The zero-order valence-electron chi connectivity index (χ0n) is 13.8. The number of ketones is 1. The summed E-state index contributed by atoms with van der Waals surface area (Å²) in [5.41, 5.74) is -0.0739. The molecule has 0 spiro atoms. The summed E-state index contributed by atoms with van der Waals surface area (Å²) in [4.78, 5) is 12.1. The number of carbonyl (C=O) groups excluding carboxylic acids is 1. The molecule has 0 heterocycles. The minimum absolute atomic E-state index is 0.221. The van der Waals surface area contributed by atoms with E-state index in [0.717, 1.165) is 18.8 Å². The minimum Gasteiger partial charge on any atom is -0.368 e. The molecular formula is C19H30O3. The Bertz CT molecular complexity index is 473. The standard InChI is InChI=1S/C19H30O3/c1-18-8-3-2-4-12(18)5-6-14-15(18)7-9-19(17(21)22)11-13(20)10-16(14)19/h12,14-17,21-22H,2-11H2,1H3/t12?,14-,15+,16+,18+,19+/m1/s1. The first kappa shape index (κ1) is 15.1. The molecule has 22 heavy (non-hydrogen) atoms. The van der Waals surface area contributed by atoms with E-state index in [1.165, 1.54) is 38.5 Å². The predicted octanol–water partition coefficient (Wildman–Crippen LogP) is 3.28. The van der Waals surface area contributed by atoms with Gasteiger partial charge in [0, 0.05) is 18.3 Å². The smallest absolute Gasteiger partial charge is 0.157 e. The van der Waals surface area contributed by atoms with Crippen LogP contribution < -0.4 is 0 Å². The number of fused-ring (bicyclic) bond motifs is 5. The van der Waals surface area contributed by atoms with E-state index in [-0.39, 0.29) is 11.7 Å². The first-order valence-electron chi connectivity index (χ1n) is 9.35. The van der Waals surface area contributed by atoms with Crippen molar-refractivity contribution >= 4 is 5.78 Å². The van der Waals surface area contributed by atoms with Gasteiger partial charge in [-0.15, -0.1) is 0 Å². The summed E-state index contributed by atoms with van der Waals surface area (Å²) in [6, 6.07) is 0. The van der Waals surface area contributed by atoms with Crippen LogP contribution in [0.5, 0.6) is 0 Å². The summed E-state index contributed by atoms with van der Waals surface area (Å²) < 4.78 is 0. The van der Waals surface area contributed by atoms with Crippen molar-refractivity contribution in [2.75, 3.05) is 0 Å². The lowest BCUT2D eigenvalue weighted by molar-refractivity contribution is -0.200. The highest BCUT2D eigenvalue weighted by atomic mass is 16.5. The molecule has 0 radical (unpaired) electrons. The van der Waals surface area contributed by atoms with Gasteiger partial charge in [0.05, 0.1) is 0 Å². The van der Waals surface area contributed by atoms with Crippen molar-refractivity contribution in [1.29, 1.82) is 0 Å². The Kier molecular flexibility index (Phi) is 3.47. The van der Waals surface area contributed by atoms with Crippen LogP contribution in [0.3, 0.4) is 0 Å². The van der Waals surface area contributed by atoms with Gasteiger partial charge in [-0.3, -0.25) is 4.79 Å². The van der Waals surface area contributed by atoms with Crippen LogP contribution in [0.25, 0.3) is 0 Å². The van der Waals surface area contributed by atoms with Crippen molar-refractivity contribution in [3.8, 4) is 0 Å². The Morgan fingerprint density at radius 3 is 2.64 bits per heavy atom. The van der Waals surface area contributed by atoms with Crippen molar-refractivity contribution in [3.05, 3.63) is 0 Å². The van der Waals surface area contributed by atoms with Gasteiger partial charge in [0.15, 0.2) is 6.29 Å². The molecule has 3 nitrogen and oxygen atoms in total. The Morgan fingerprint density at radius 1 is 1.05 bits per heavy atom. The molecule has 2 N–H and O–H groups in total. The summed E-state index contributed by atoms with van der Waals surface area (Å²) in [5, 5.41) is 20.1. The molecule has 0 amide bonds. The minimum atomic E-state index is -1.32. The van der Waals surface area contributed by atoms with Gasteiger partial charge < -0.3 is 10.2 Å². The number of rotatable bonds is 1. The van der Waals surface area contributed by atoms with Gasteiger partial charge in [-0.1, -0.05) is 19.8 Å². The molecule has 0 bridgehead atoms. The average molecular weight is 306 g/mol. The summed E-state index contributed by atoms with van der Waals surface area (Å²) in [7, 11) is 0. The Morgan fingerprint density at radius 2 is 1.86 bits per heavy atom. The lowest BCUT2D eigenvalue weighted by Crippen LogP contribution is -2.54. The predicted molar refractivity (Wildman–Crippen MR) is 83.9 cm³/mol. The monoisotopic (exact) mass is 306 g/mol. The molecule has 4 aliphatic carbocycles. The zero-order chi connectivity index (χ0) is 15.5. The number of aliphatic hydroxyl groups excluding tert-OH is 1. The Balaban J connectivity index is 1.67. The highest BCUT2D eigenvalue weighted by Gasteiger charge is 2.62. The fourth-order valence-corrected chi connectivity index (χ4v) is 7.21. The lowest BCUT2D eigenvalue weighted by atomic mass is 9.45. The molecule has 0 aromatic heterocycles. The van der Waals surface area contributed by atoms with E-state index in [4.69, 9.17) is 0 Å². The third kappa shape index (κ3) is 1.91. The number of hydrogen-bond acceptors (Lipinski definition) is 3. The number of carbonyl (C=O) groups is 1. The highest BCUT2D eigenvalue weighted by molar-refractivity contribution is 5.82. The maximum absolute atomic E-state index is 12.1. The summed E-state index contributed by atoms with van der Waals surface area (Å²) in [6.07, 6.45) is 9.58. The maximum atomic E-state index is 12.1. The molecule has 4 fully saturated rings. The van der Waals surface area contributed by atoms with Crippen molar-refractivity contribution in [2.45, 2.75) is 77.4 Å². The van der Waals surface area contributed by atoms with Crippen LogP contribution in [0.15, 0.2) is 0 Å². The molecular weight excluding hydrogens is 276 g/mol. The van der Waals surface area contributed by atoms with Crippen molar-refractivity contribution in [3.63, 3.8) is 0 Å². The van der Waals surface area contributed by atoms with E-state index in [9.17, 15) is 15.0 Å². The maximum Gasteiger partial charge on any atom is 0.157 e. The molecule has 0 aromatic rings. The van der Waals surface area contributed by atoms with E-state index >= 15 is 0 Å². The van der Waals surface area contributed by atoms with Crippen LogP contribution in [0.1, 0.15) is 71.1 Å². The van der Waals surface area contributed by atoms with Crippen LogP contribution in [0, 0.1) is 34.5 Å². The molecule has 0 aromatic carbocycles. The summed E-state index contributed by atoms with van der Waals surface area (Å²) >= 11 is 0. The first-order chi connectivity index (χ1) is 10.5. The Hall–Kier alpha value is -0.410. The SMILES string of the molecule is C[C@]12CCCCC1CC[C@H]1[C@@H]3CC(=O)C[C@@]3(C(O)O)CC[C@@H]12. The van der Waals surface area contributed by atoms with Crippen LogP contribution >= 0.6 is 0 Å². The molecule has 3 heteroatoms. The summed E-state index contributed by atoms with van der Waals surface area (Å²) in [5.74, 6) is 2.59. The van der Waals surface area contributed by atoms with Gasteiger partial charge >= 0.3 is 0 Å². The second kappa shape index (κ2) is 5.04. The van der Waals surface area contributed by atoms with Gasteiger partial charge in [0.25, 0.3) is 0 Å². The molecule has 4 saturated carbocycles. The molecule has 0 saturated heterocycles. The molecule has 1 unspecified atom stereocenters. The quantitative estimate of drug-likeness (QED) is 0.731. The van der Waals surface area contributed by atoms with Gasteiger partial charge in [-0.25, -0.2) is 0 Å². The van der Waals surface area contributed by atoms with Gasteiger partial charge in [0.1, 0.15) is 5.78 Å². The molecule has 124 valence electrons. The van der Waals surface area contributed by atoms with Crippen molar-refractivity contribution in [1.82, 2.24) is 0 Å². The van der Waals surface area contributed by atoms with Gasteiger partial charge in [-0.05, 0) is 67.6 Å².